The van der Waals surface area contributed by atoms with Gasteiger partial charge in [0.25, 0.3) is 0 Å². The van der Waals surface area contributed by atoms with Crippen molar-refractivity contribution in [2.24, 2.45) is 0 Å². The second-order valence-electron chi connectivity index (χ2n) is 4.33. The highest BCUT2D eigenvalue weighted by Gasteiger charge is 2.25. The molecule has 1 aromatic rings. The third-order valence-corrected chi connectivity index (χ3v) is 2.96. The fraction of sp³-hybridized carbons (Fsp3) is 0.583. The molecule has 16 heavy (non-hydrogen) atoms. The number of rotatable bonds is 7. The number of likely N-dealkylation sites (N-methyl/N-ethyl adjacent to an activating group) is 1. The van der Waals surface area contributed by atoms with Crippen molar-refractivity contribution >= 4 is 5.95 Å². The zero-order chi connectivity index (χ0) is 11.4. The zero-order valence-corrected chi connectivity index (χ0v) is 9.89. The molecule has 1 aromatic heterocycles. The van der Waals surface area contributed by atoms with E-state index < -0.39 is 0 Å². The van der Waals surface area contributed by atoms with E-state index in [1.807, 2.05) is 18.5 Å². The summed E-state index contributed by atoms with van der Waals surface area (Å²) in [6.07, 6.45) is 8.39. The Hall–Kier alpha value is -1.29. The number of aromatic nitrogens is 2. The van der Waals surface area contributed by atoms with E-state index >= 15 is 0 Å². The van der Waals surface area contributed by atoms with E-state index in [2.05, 4.69) is 33.4 Å². The first kappa shape index (κ1) is 11.2. The minimum Gasteiger partial charge on any atom is -0.354 e. The van der Waals surface area contributed by atoms with Gasteiger partial charge < -0.3 is 14.8 Å². The van der Waals surface area contributed by atoms with Crippen LogP contribution < -0.4 is 5.32 Å². The highest BCUT2D eigenvalue weighted by molar-refractivity contribution is 5.26. The molecule has 1 heterocycles. The van der Waals surface area contributed by atoms with Crippen molar-refractivity contribution in [1.82, 2.24) is 14.5 Å². The molecular formula is C12H20N4. The van der Waals surface area contributed by atoms with Crippen LogP contribution in [0.15, 0.2) is 25.0 Å². The summed E-state index contributed by atoms with van der Waals surface area (Å²) in [5.41, 5.74) is 0. The van der Waals surface area contributed by atoms with E-state index in [0.717, 1.165) is 31.6 Å². The lowest BCUT2D eigenvalue weighted by molar-refractivity contribution is 0.337. The summed E-state index contributed by atoms with van der Waals surface area (Å²) in [5, 5.41) is 3.35. The predicted octanol–water partition coefficient (Wildman–Crippen LogP) is 1.58. The van der Waals surface area contributed by atoms with Gasteiger partial charge in [-0.05, 0) is 19.9 Å². The van der Waals surface area contributed by atoms with E-state index in [-0.39, 0.29) is 0 Å². The van der Waals surface area contributed by atoms with Crippen LogP contribution in [0.25, 0.3) is 0 Å². The Labute approximate surface area is 97.0 Å². The van der Waals surface area contributed by atoms with Gasteiger partial charge in [0.1, 0.15) is 0 Å². The quantitative estimate of drug-likeness (QED) is 0.708. The maximum Gasteiger partial charge on any atom is 0.203 e. The number of anilines is 1. The smallest absolute Gasteiger partial charge is 0.203 e. The maximum atomic E-state index is 4.28. The second kappa shape index (κ2) is 5.16. The van der Waals surface area contributed by atoms with Gasteiger partial charge in [-0.3, -0.25) is 0 Å². The van der Waals surface area contributed by atoms with Crippen LogP contribution in [0.3, 0.4) is 0 Å². The van der Waals surface area contributed by atoms with Crippen LogP contribution in [0.5, 0.6) is 0 Å². The third kappa shape index (κ3) is 2.85. The minimum absolute atomic E-state index is 0.806. The van der Waals surface area contributed by atoms with Gasteiger partial charge in [0.15, 0.2) is 0 Å². The van der Waals surface area contributed by atoms with Gasteiger partial charge in [-0.2, -0.15) is 0 Å². The van der Waals surface area contributed by atoms with Crippen LogP contribution >= 0.6 is 0 Å². The predicted molar refractivity (Wildman–Crippen MR) is 66.6 cm³/mol. The molecule has 0 aromatic carbocycles. The zero-order valence-electron chi connectivity index (χ0n) is 9.89. The molecule has 0 amide bonds. The lowest BCUT2D eigenvalue weighted by Gasteiger charge is -2.16. The van der Waals surface area contributed by atoms with Crippen molar-refractivity contribution in [2.75, 3.05) is 25.5 Å². The molecule has 0 radical (unpaired) electrons. The van der Waals surface area contributed by atoms with Crippen LogP contribution in [0.4, 0.5) is 5.95 Å². The molecule has 4 heteroatoms. The fourth-order valence-electron chi connectivity index (χ4n) is 1.80. The van der Waals surface area contributed by atoms with E-state index in [1.165, 1.54) is 12.8 Å². The Kier molecular flexibility index (Phi) is 3.62. The molecule has 1 aliphatic rings. The molecule has 0 bridgehead atoms. The van der Waals surface area contributed by atoms with Crippen LogP contribution in [0.1, 0.15) is 12.8 Å². The monoisotopic (exact) mass is 220 g/mol. The largest absolute Gasteiger partial charge is 0.354 e. The topological polar surface area (TPSA) is 33.1 Å². The van der Waals surface area contributed by atoms with Crippen molar-refractivity contribution in [3.8, 4) is 0 Å². The summed E-state index contributed by atoms with van der Waals surface area (Å²) in [7, 11) is 2.19. The molecule has 0 spiro atoms. The normalized spacial score (nSPS) is 15.4. The number of hydrogen-bond acceptors (Lipinski definition) is 3. The second-order valence-corrected chi connectivity index (χ2v) is 4.33. The molecule has 0 unspecified atom stereocenters. The minimum atomic E-state index is 0.806. The van der Waals surface area contributed by atoms with Gasteiger partial charge in [0.05, 0.1) is 0 Å². The van der Waals surface area contributed by atoms with Crippen LogP contribution in [0, 0.1) is 0 Å². The summed E-state index contributed by atoms with van der Waals surface area (Å²) < 4.78 is 2.06. The Morgan fingerprint density at radius 3 is 3.19 bits per heavy atom. The highest BCUT2D eigenvalue weighted by atomic mass is 15.2. The van der Waals surface area contributed by atoms with Crippen molar-refractivity contribution in [3.63, 3.8) is 0 Å². The lowest BCUT2D eigenvalue weighted by atomic mass is 10.5. The summed E-state index contributed by atoms with van der Waals surface area (Å²) in [5.74, 6) is 0.934. The number of imidazole rings is 1. The van der Waals surface area contributed by atoms with Crippen molar-refractivity contribution in [2.45, 2.75) is 25.4 Å². The molecule has 0 saturated heterocycles. The maximum absolute atomic E-state index is 4.28. The van der Waals surface area contributed by atoms with Gasteiger partial charge in [-0.25, -0.2) is 4.98 Å². The van der Waals surface area contributed by atoms with Crippen LogP contribution in [-0.4, -0.2) is 40.6 Å². The summed E-state index contributed by atoms with van der Waals surface area (Å²) in [6.45, 7) is 6.56. The number of allylic oxidation sites excluding steroid dienone is 1. The number of nitrogens with one attached hydrogen (secondary N) is 1. The molecule has 1 aliphatic carbocycles. The van der Waals surface area contributed by atoms with E-state index in [1.54, 1.807) is 0 Å². The number of hydrogen-bond donors (Lipinski definition) is 1. The average Bonchev–Trinajstić information content (AvgIpc) is 3.03. The molecule has 0 atom stereocenters. The first-order chi connectivity index (χ1) is 7.81. The Morgan fingerprint density at radius 1 is 1.69 bits per heavy atom. The first-order valence-electron chi connectivity index (χ1n) is 5.87. The Morgan fingerprint density at radius 2 is 2.50 bits per heavy atom. The molecule has 1 saturated carbocycles. The van der Waals surface area contributed by atoms with Gasteiger partial charge in [-0.15, -0.1) is 6.58 Å². The molecule has 1 N–H and O–H groups in total. The average molecular weight is 220 g/mol. The van der Waals surface area contributed by atoms with E-state index in [4.69, 9.17) is 0 Å². The Bertz CT molecular complexity index is 341. The van der Waals surface area contributed by atoms with Crippen molar-refractivity contribution < 1.29 is 0 Å². The number of nitrogens with zero attached hydrogens (tertiary/aromatic N) is 3. The summed E-state index contributed by atoms with van der Waals surface area (Å²) >= 11 is 0. The van der Waals surface area contributed by atoms with Gasteiger partial charge in [-0.1, -0.05) is 6.08 Å². The molecule has 1 fully saturated rings. The van der Waals surface area contributed by atoms with E-state index in [0.29, 0.717) is 0 Å². The summed E-state index contributed by atoms with van der Waals surface area (Å²) in [4.78, 5) is 6.69. The van der Waals surface area contributed by atoms with E-state index in [9.17, 15) is 0 Å². The fourth-order valence-corrected chi connectivity index (χ4v) is 1.80. The van der Waals surface area contributed by atoms with Crippen LogP contribution in [-0.2, 0) is 6.54 Å². The lowest BCUT2D eigenvalue weighted by Crippen LogP contribution is -2.27. The standard InChI is InChI=1S/C12H20N4/c1-3-8-16-10-7-14-12(16)13-6-9-15(2)11-4-5-11/h3,7,10-11H,1,4-6,8-9H2,2H3,(H,13,14). The molecule has 2 rings (SSSR count). The van der Waals surface area contributed by atoms with Crippen molar-refractivity contribution in [1.29, 1.82) is 0 Å². The molecule has 0 aliphatic heterocycles. The van der Waals surface area contributed by atoms with Crippen LogP contribution in [0.2, 0.25) is 0 Å². The van der Waals surface area contributed by atoms with Gasteiger partial charge in [0, 0.05) is 38.1 Å². The first-order valence-corrected chi connectivity index (χ1v) is 5.87. The highest BCUT2D eigenvalue weighted by Crippen LogP contribution is 2.24. The molecular weight excluding hydrogens is 200 g/mol. The Balaban J connectivity index is 1.75. The van der Waals surface area contributed by atoms with Gasteiger partial charge >= 0.3 is 0 Å². The summed E-state index contributed by atoms with van der Waals surface area (Å²) in [6, 6.07) is 0.828. The molecule has 4 nitrogen and oxygen atoms in total. The third-order valence-electron chi connectivity index (χ3n) is 2.96. The van der Waals surface area contributed by atoms with Crippen molar-refractivity contribution in [3.05, 3.63) is 25.0 Å². The SMILES string of the molecule is C=CCn1ccnc1NCCN(C)C1CC1. The molecule has 88 valence electrons. The van der Waals surface area contributed by atoms with Gasteiger partial charge in [0.2, 0.25) is 5.95 Å².